The van der Waals surface area contributed by atoms with Gasteiger partial charge in [0, 0.05) is 18.3 Å². The molecule has 0 bridgehead atoms. The Balaban J connectivity index is 1.45. The van der Waals surface area contributed by atoms with E-state index in [0.29, 0.717) is 17.4 Å². The van der Waals surface area contributed by atoms with E-state index in [1.807, 2.05) is 36.4 Å². The monoisotopic (exact) mass is 392 g/mol. The minimum Gasteiger partial charge on any atom is -0.334 e. The molecule has 1 N–H and O–H groups in total. The third-order valence-corrected chi connectivity index (χ3v) is 5.46. The van der Waals surface area contributed by atoms with E-state index in [2.05, 4.69) is 19.8 Å². The summed E-state index contributed by atoms with van der Waals surface area (Å²) in [5.74, 6) is 0.785. The molecule has 0 aliphatic carbocycles. The molecule has 2 aromatic carbocycles. The van der Waals surface area contributed by atoms with Gasteiger partial charge in [-0.25, -0.2) is 13.1 Å². The lowest BCUT2D eigenvalue weighted by Crippen LogP contribution is -2.23. The van der Waals surface area contributed by atoms with Gasteiger partial charge in [0.2, 0.25) is 15.8 Å². The molecule has 4 rings (SSSR count). The molecule has 140 valence electrons. The van der Waals surface area contributed by atoms with Crippen molar-refractivity contribution in [2.75, 3.05) is 0 Å². The molecular formula is C20H16N4O3S. The van der Waals surface area contributed by atoms with E-state index < -0.39 is 10.0 Å². The van der Waals surface area contributed by atoms with Gasteiger partial charge in [0.15, 0.2) is 0 Å². The van der Waals surface area contributed by atoms with E-state index in [4.69, 9.17) is 4.52 Å². The van der Waals surface area contributed by atoms with Crippen LogP contribution < -0.4 is 4.72 Å². The summed E-state index contributed by atoms with van der Waals surface area (Å²) in [4.78, 5) is 8.78. The molecule has 0 aliphatic rings. The van der Waals surface area contributed by atoms with Crippen LogP contribution in [0.1, 0.15) is 5.56 Å². The third-order valence-electron chi connectivity index (χ3n) is 4.04. The molecule has 0 aliphatic heterocycles. The van der Waals surface area contributed by atoms with Crippen LogP contribution in [0.3, 0.4) is 0 Å². The smallest absolute Gasteiger partial charge is 0.258 e. The van der Waals surface area contributed by atoms with Crippen LogP contribution in [0, 0.1) is 0 Å². The van der Waals surface area contributed by atoms with Crippen molar-refractivity contribution in [3.8, 4) is 23.0 Å². The first-order valence-electron chi connectivity index (χ1n) is 8.51. The molecule has 7 nitrogen and oxygen atoms in total. The van der Waals surface area contributed by atoms with Crippen LogP contribution >= 0.6 is 0 Å². The maximum absolute atomic E-state index is 12.3. The fourth-order valence-corrected chi connectivity index (χ4v) is 3.61. The number of hydrogen-bond acceptors (Lipinski definition) is 6. The SMILES string of the molecule is O=S(=O)(NCc1ccc(-c2nc(-c3ccccn3)no2)cc1)c1ccccc1. The highest BCUT2D eigenvalue weighted by molar-refractivity contribution is 7.89. The van der Waals surface area contributed by atoms with E-state index in [1.165, 1.54) is 0 Å². The van der Waals surface area contributed by atoms with Crippen molar-refractivity contribution in [3.05, 3.63) is 84.6 Å². The van der Waals surface area contributed by atoms with Gasteiger partial charge in [0.05, 0.1) is 4.90 Å². The molecule has 0 spiro atoms. The number of benzene rings is 2. The van der Waals surface area contributed by atoms with Gasteiger partial charge in [-0.3, -0.25) is 4.98 Å². The van der Waals surface area contributed by atoms with Crippen molar-refractivity contribution in [2.24, 2.45) is 0 Å². The molecule has 8 heteroatoms. The first kappa shape index (κ1) is 18.0. The number of aromatic nitrogens is 3. The predicted molar refractivity (Wildman–Crippen MR) is 103 cm³/mol. The molecule has 2 heterocycles. The van der Waals surface area contributed by atoms with Crippen molar-refractivity contribution >= 4 is 10.0 Å². The average molecular weight is 392 g/mol. The second-order valence-corrected chi connectivity index (χ2v) is 7.74. The minimum atomic E-state index is -3.55. The van der Waals surface area contributed by atoms with Crippen LogP contribution in [0.2, 0.25) is 0 Å². The first-order chi connectivity index (χ1) is 13.6. The van der Waals surface area contributed by atoms with Crippen molar-refractivity contribution in [2.45, 2.75) is 11.4 Å². The number of hydrogen-bond donors (Lipinski definition) is 1. The van der Waals surface area contributed by atoms with Crippen molar-refractivity contribution < 1.29 is 12.9 Å². The summed E-state index contributed by atoms with van der Waals surface area (Å²) in [6.07, 6.45) is 1.66. The fourth-order valence-electron chi connectivity index (χ4n) is 2.57. The second-order valence-electron chi connectivity index (χ2n) is 5.97. The van der Waals surface area contributed by atoms with Gasteiger partial charge in [-0.1, -0.05) is 41.6 Å². The van der Waals surface area contributed by atoms with Crippen LogP contribution in [0.5, 0.6) is 0 Å². The summed E-state index contributed by atoms with van der Waals surface area (Å²) in [6, 6.07) is 21.0. The molecule has 2 aromatic heterocycles. The van der Waals surface area contributed by atoms with E-state index in [0.717, 1.165) is 11.1 Å². The van der Waals surface area contributed by atoms with Gasteiger partial charge < -0.3 is 4.52 Å². The van der Waals surface area contributed by atoms with Crippen molar-refractivity contribution in [1.82, 2.24) is 19.8 Å². The van der Waals surface area contributed by atoms with Crippen LogP contribution in [0.4, 0.5) is 0 Å². The Morgan fingerprint density at radius 2 is 1.64 bits per heavy atom. The number of nitrogens with zero attached hydrogens (tertiary/aromatic N) is 3. The largest absolute Gasteiger partial charge is 0.334 e. The Labute approximate surface area is 162 Å². The number of sulfonamides is 1. The van der Waals surface area contributed by atoms with Gasteiger partial charge in [-0.15, -0.1) is 0 Å². The summed E-state index contributed by atoms with van der Waals surface area (Å²) in [5.41, 5.74) is 2.18. The normalized spacial score (nSPS) is 11.4. The fraction of sp³-hybridized carbons (Fsp3) is 0.0500. The zero-order chi connectivity index (χ0) is 19.4. The zero-order valence-electron chi connectivity index (χ0n) is 14.7. The molecule has 0 fully saturated rings. The Morgan fingerprint density at radius 1 is 0.893 bits per heavy atom. The van der Waals surface area contributed by atoms with Gasteiger partial charge in [0.1, 0.15) is 5.69 Å². The lowest BCUT2D eigenvalue weighted by atomic mass is 10.1. The van der Waals surface area contributed by atoms with Crippen LogP contribution in [0.15, 0.2) is 88.4 Å². The molecule has 0 saturated heterocycles. The molecule has 0 unspecified atom stereocenters. The number of rotatable bonds is 6. The summed E-state index contributed by atoms with van der Waals surface area (Å²) in [7, 11) is -3.55. The molecule has 4 aromatic rings. The minimum absolute atomic E-state index is 0.181. The summed E-state index contributed by atoms with van der Waals surface area (Å²) in [5, 5.41) is 3.95. The highest BCUT2D eigenvalue weighted by Crippen LogP contribution is 2.21. The molecular weight excluding hydrogens is 376 g/mol. The zero-order valence-corrected chi connectivity index (χ0v) is 15.5. The number of pyridine rings is 1. The summed E-state index contributed by atoms with van der Waals surface area (Å²) < 4.78 is 32.5. The lowest BCUT2D eigenvalue weighted by Gasteiger charge is -2.07. The second kappa shape index (κ2) is 7.71. The van der Waals surface area contributed by atoms with Crippen molar-refractivity contribution in [3.63, 3.8) is 0 Å². The quantitative estimate of drug-likeness (QED) is 0.541. The Morgan fingerprint density at radius 3 is 2.36 bits per heavy atom. The van der Waals surface area contributed by atoms with E-state index in [1.54, 1.807) is 42.6 Å². The van der Waals surface area contributed by atoms with Gasteiger partial charge in [0.25, 0.3) is 5.89 Å². The van der Waals surface area contributed by atoms with Crippen LogP contribution in [-0.2, 0) is 16.6 Å². The summed E-state index contributed by atoms with van der Waals surface area (Å²) >= 11 is 0. The standard InChI is InChI=1S/C20H16N4O3S/c25-28(26,17-6-2-1-3-7-17)22-14-15-9-11-16(12-10-15)20-23-19(24-27-20)18-8-4-5-13-21-18/h1-13,22H,14H2. The van der Waals surface area contributed by atoms with Crippen LogP contribution in [-0.4, -0.2) is 23.5 Å². The van der Waals surface area contributed by atoms with E-state index >= 15 is 0 Å². The average Bonchev–Trinajstić information content (AvgIpc) is 3.24. The topological polar surface area (TPSA) is 98.0 Å². The summed E-state index contributed by atoms with van der Waals surface area (Å²) in [6.45, 7) is 0.181. The van der Waals surface area contributed by atoms with Gasteiger partial charge in [-0.05, 0) is 42.0 Å². The Bertz CT molecular complexity index is 1160. The highest BCUT2D eigenvalue weighted by atomic mass is 32.2. The molecule has 0 atom stereocenters. The Hall–Kier alpha value is -3.36. The van der Waals surface area contributed by atoms with Crippen LogP contribution in [0.25, 0.3) is 23.0 Å². The predicted octanol–water partition coefficient (Wildman–Crippen LogP) is 3.28. The number of nitrogens with one attached hydrogen (secondary N) is 1. The van der Waals surface area contributed by atoms with Gasteiger partial charge in [-0.2, -0.15) is 4.98 Å². The third kappa shape index (κ3) is 3.98. The van der Waals surface area contributed by atoms with E-state index in [-0.39, 0.29) is 11.4 Å². The van der Waals surface area contributed by atoms with E-state index in [9.17, 15) is 8.42 Å². The van der Waals surface area contributed by atoms with Crippen molar-refractivity contribution in [1.29, 1.82) is 0 Å². The molecule has 0 amide bonds. The first-order valence-corrected chi connectivity index (χ1v) is 9.99. The van der Waals surface area contributed by atoms with Gasteiger partial charge >= 0.3 is 0 Å². The molecule has 0 saturated carbocycles. The highest BCUT2D eigenvalue weighted by Gasteiger charge is 2.14. The maximum atomic E-state index is 12.3. The molecule has 0 radical (unpaired) electrons. The maximum Gasteiger partial charge on any atom is 0.258 e. The Kier molecular flexibility index (Phi) is 4.96. The lowest BCUT2D eigenvalue weighted by molar-refractivity contribution is 0.432. The molecule has 28 heavy (non-hydrogen) atoms.